The highest BCUT2D eigenvalue weighted by atomic mass is 16.7. The predicted molar refractivity (Wildman–Crippen MR) is 89.9 cm³/mol. The van der Waals surface area contributed by atoms with Crippen LogP contribution in [0.25, 0.3) is 6.08 Å². The van der Waals surface area contributed by atoms with Gasteiger partial charge in [0.1, 0.15) is 0 Å². The van der Waals surface area contributed by atoms with Gasteiger partial charge >= 0.3 is 7.12 Å². The molecule has 0 aliphatic carbocycles. The highest BCUT2D eigenvalue weighted by Crippen LogP contribution is 2.39. The number of fused-ring (bicyclic) bond motifs is 1. The van der Waals surface area contributed by atoms with E-state index in [0.717, 1.165) is 16.8 Å². The summed E-state index contributed by atoms with van der Waals surface area (Å²) in [7, 11) is -0.599. The minimum Gasteiger partial charge on any atom is -0.400 e. The van der Waals surface area contributed by atoms with Crippen LogP contribution in [0, 0.1) is 0 Å². The van der Waals surface area contributed by atoms with Gasteiger partial charge in [0, 0.05) is 0 Å². The van der Waals surface area contributed by atoms with E-state index < -0.39 is 18.3 Å². The maximum absolute atomic E-state index is 11.6. The van der Waals surface area contributed by atoms with Crippen LogP contribution in [0.1, 0.15) is 38.8 Å². The molecule has 6 heteroatoms. The number of carbonyl (C=O) groups excluding carboxylic acids is 1. The molecule has 2 aliphatic heterocycles. The Kier molecular flexibility index (Phi) is 3.87. The van der Waals surface area contributed by atoms with Crippen LogP contribution < -0.4 is 5.32 Å². The molecule has 1 saturated heterocycles. The summed E-state index contributed by atoms with van der Waals surface area (Å²) in [5, 5.41) is 12.6. The van der Waals surface area contributed by atoms with Gasteiger partial charge in [-0.1, -0.05) is 24.3 Å². The Morgan fingerprint density at radius 3 is 2.57 bits per heavy atom. The van der Waals surface area contributed by atoms with Crippen molar-refractivity contribution < 1.29 is 19.2 Å². The molecule has 5 nitrogen and oxygen atoms in total. The first kappa shape index (κ1) is 16.2. The van der Waals surface area contributed by atoms with Crippen LogP contribution in [0.5, 0.6) is 0 Å². The normalized spacial score (nSPS) is 22.2. The fourth-order valence-electron chi connectivity index (χ4n) is 2.78. The van der Waals surface area contributed by atoms with Crippen molar-refractivity contribution in [3.63, 3.8) is 0 Å². The van der Waals surface area contributed by atoms with Crippen molar-refractivity contribution in [1.82, 2.24) is 0 Å². The van der Waals surface area contributed by atoms with Crippen LogP contribution in [0.4, 0.5) is 5.69 Å². The van der Waals surface area contributed by atoms with E-state index in [0.29, 0.717) is 11.9 Å². The van der Waals surface area contributed by atoms with Gasteiger partial charge < -0.3 is 19.7 Å². The molecule has 0 saturated carbocycles. The van der Waals surface area contributed by atoms with E-state index >= 15 is 0 Å². The van der Waals surface area contributed by atoms with Gasteiger partial charge in [0.25, 0.3) is 0 Å². The third-order valence-corrected chi connectivity index (χ3v) is 4.88. The number of amides is 1. The number of rotatable bonds is 3. The van der Waals surface area contributed by atoms with Gasteiger partial charge in [-0.25, -0.2) is 0 Å². The molecule has 122 valence electrons. The zero-order valence-electron chi connectivity index (χ0n) is 14.0. The Morgan fingerprint density at radius 2 is 1.96 bits per heavy atom. The largest absolute Gasteiger partial charge is 0.492 e. The van der Waals surface area contributed by atoms with Crippen molar-refractivity contribution in [3.05, 3.63) is 34.8 Å². The highest BCUT2D eigenvalue weighted by molar-refractivity contribution is 6.55. The van der Waals surface area contributed by atoms with Crippen molar-refractivity contribution in [2.75, 3.05) is 11.9 Å². The SMILES string of the molecule is CC1(C)OB(C(=Cc2cccc3c2NC(=O)C3)CO)OC1(C)C. The second-order valence-electron chi connectivity index (χ2n) is 7.07. The Labute approximate surface area is 136 Å². The van der Waals surface area contributed by atoms with E-state index in [1.54, 1.807) is 0 Å². The van der Waals surface area contributed by atoms with Crippen molar-refractivity contribution in [2.45, 2.75) is 45.3 Å². The van der Waals surface area contributed by atoms with Gasteiger partial charge in [0.15, 0.2) is 0 Å². The lowest BCUT2D eigenvalue weighted by atomic mass is 9.77. The molecule has 1 amide bonds. The molecule has 0 bridgehead atoms. The van der Waals surface area contributed by atoms with Crippen LogP contribution in [0.3, 0.4) is 0 Å². The number of para-hydroxylation sites is 1. The van der Waals surface area contributed by atoms with E-state index in [-0.39, 0.29) is 12.5 Å². The lowest BCUT2D eigenvalue weighted by molar-refractivity contribution is -0.115. The van der Waals surface area contributed by atoms with Crippen molar-refractivity contribution >= 4 is 24.8 Å². The smallest absolute Gasteiger partial charge is 0.400 e. The molecule has 2 N–H and O–H groups in total. The number of benzene rings is 1. The third kappa shape index (κ3) is 2.82. The molecule has 0 unspecified atom stereocenters. The van der Waals surface area contributed by atoms with Crippen molar-refractivity contribution in [3.8, 4) is 0 Å². The fourth-order valence-corrected chi connectivity index (χ4v) is 2.78. The number of hydrogen-bond donors (Lipinski definition) is 2. The topological polar surface area (TPSA) is 67.8 Å². The summed E-state index contributed by atoms with van der Waals surface area (Å²) in [6, 6.07) is 5.74. The zero-order valence-corrected chi connectivity index (χ0v) is 14.0. The molecule has 1 aromatic rings. The Hall–Kier alpha value is -1.63. The maximum atomic E-state index is 11.6. The van der Waals surface area contributed by atoms with Crippen LogP contribution in [0.2, 0.25) is 0 Å². The molecule has 2 aliphatic rings. The van der Waals surface area contributed by atoms with Gasteiger partial charge in [-0.3, -0.25) is 4.79 Å². The molecule has 2 heterocycles. The number of aliphatic hydroxyl groups excluding tert-OH is 1. The number of hydrogen-bond acceptors (Lipinski definition) is 4. The minimum absolute atomic E-state index is 0.0120. The van der Waals surface area contributed by atoms with E-state index in [2.05, 4.69) is 5.32 Å². The fraction of sp³-hybridized carbons (Fsp3) is 0.471. The Morgan fingerprint density at radius 1 is 1.30 bits per heavy atom. The van der Waals surface area contributed by atoms with Crippen molar-refractivity contribution in [1.29, 1.82) is 0 Å². The summed E-state index contributed by atoms with van der Waals surface area (Å²) in [4.78, 5) is 11.6. The zero-order chi connectivity index (χ0) is 16.8. The lowest BCUT2D eigenvalue weighted by Crippen LogP contribution is -2.41. The average Bonchev–Trinajstić information content (AvgIpc) is 2.93. The standard InChI is InChI=1S/C17H22BNO4/c1-16(2)17(3,4)23-18(22-16)13(10-20)8-11-6-5-7-12-9-14(21)19-15(11)12/h5-8,20H,9-10H2,1-4H3,(H,19,21). The molecule has 0 radical (unpaired) electrons. The van der Waals surface area contributed by atoms with Crippen LogP contribution in [-0.4, -0.2) is 35.9 Å². The summed E-state index contributed by atoms with van der Waals surface area (Å²) in [5.41, 5.74) is 2.35. The van der Waals surface area contributed by atoms with Crippen LogP contribution in [0.15, 0.2) is 23.7 Å². The van der Waals surface area contributed by atoms with E-state index in [1.165, 1.54) is 0 Å². The molecule has 0 spiro atoms. The molecule has 3 rings (SSSR count). The summed E-state index contributed by atoms with van der Waals surface area (Å²) in [6.45, 7) is 7.73. The van der Waals surface area contributed by atoms with E-state index in [4.69, 9.17) is 9.31 Å². The Bertz CT molecular complexity index is 665. The third-order valence-electron chi connectivity index (χ3n) is 4.88. The molecule has 0 atom stereocenters. The van der Waals surface area contributed by atoms with Crippen LogP contribution >= 0.6 is 0 Å². The van der Waals surface area contributed by atoms with Gasteiger partial charge in [-0.15, -0.1) is 0 Å². The summed E-state index contributed by atoms with van der Waals surface area (Å²) < 4.78 is 12.0. The molecule has 1 aromatic carbocycles. The summed E-state index contributed by atoms with van der Waals surface area (Å²) >= 11 is 0. The monoisotopic (exact) mass is 315 g/mol. The second-order valence-corrected chi connectivity index (χ2v) is 7.07. The summed E-state index contributed by atoms with van der Waals surface area (Å²) in [6.07, 6.45) is 2.23. The number of nitrogens with one attached hydrogen (secondary N) is 1. The second kappa shape index (κ2) is 5.48. The number of anilines is 1. The maximum Gasteiger partial charge on any atom is 0.492 e. The number of aliphatic hydroxyl groups is 1. The van der Waals surface area contributed by atoms with Crippen molar-refractivity contribution in [2.24, 2.45) is 0 Å². The van der Waals surface area contributed by atoms with Gasteiger partial charge in [-0.05, 0) is 44.3 Å². The Balaban J connectivity index is 1.93. The highest BCUT2D eigenvalue weighted by Gasteiger charge is 2.52. The quantitative estimate of drug-likeness (QED) is 0.839. The van der Waals surface area contributed by atoms with Crippen LogP contribution in [-0.2, 0) is 20.5 Å². The first-order valence-corrected chi connectivity index (χ1v) is 7.82. The van der Waals surface area contributed by atoms with E-state index in [9.17, 15) is 9.90 Å². The summed E-state index contributed by atoms with van der Waals surface area (Å²) in [5.74, 6) is -0.0120. The molecule has 0 aromatic heterocycles. The molecule has 23 heavy (non-hydrogen) atoms. The van der Waals surface area contributed by atoms with Gasteiger partial charge in [-0.2, -0.15) is 0 Å². The predicted octanol–water partition coefficient (Wildman–Crippen LogP) is 2.19. The van der Waals surface area contributed by atoms with Gasteiger partial charge in [0.2, 0.25) is 5.91 Å². The minimum atomic E-state index is -0.599. The first-order valence-electron chi connectivity index (χ1n) is 7.82. The molecular formula is C17H22BNO4. The number of carbonyl (C=O) groups is 1. The molecular weight excluding hydrogens is 293 g/mol. The lowest BCUT2D eigenvalue weighted by Gasteiger charge is -2.32. The molecule has 1 fully saturated rings. The first-order chi connectivity index (χ1) is 10.7. The average molecular weight is 315 g/mol. The van der Waals surface area contributed by atoms with Gasteiger partial charge in [0.05, 0.1) is 29.9 Å². The van der Waals surface area contributed by atoms with E-state index in [1.807, 2.05) is 52.0 Å².